The van der Waals surface area contributed by atoms with Crippen LogP contribution in [0, 0.1) is 20.8 Å². The third-order valence-corrected chi connectivity index (χ3v) is 5.49. The number of fused-ring (bicyclic) bond motifs is 1. The van der Waals surface area contributed by atoms with E-state index in [0.29, 0.717) is 6.54 Å². The number of nitrogens with one attached hydrogen (secondary N) is 1. The summed E-state index contributed by atoms with van der Waals surface area (Å²) in [7, 11) is 1.88. The summed E-state index contributed by atoms with van der Waals surface area (Å²) >= 11 is 0. The monoisotopic (exact) mass is 393 g/mol. The summed E-state index contributed by atoms with van der Waals surface area (Å²) in [5.41, 5.74) is 5.18. The molecular weight excluding hydrogens is 366 g/mol. The highest BCUT2D eigenvalue weighted by Crippen LogP contribution is 2.24. The molecule has 152 valence electrons. The van der Waals surface area contributed by atoms with Gasteiger partial charge >= 0.3 is 0 Å². The molecule has 3 heterocycles. The molecular formula is C21H27N7O. The maximum absolute atomic E-state index is 12.6. The number of hydrogen-bond donors (Lipinski definition) is 1. The van der Waals surface area contributed by atoms with Crippen LogP contribution in [0.4, 0.5) is 11.5 Å². The Labute approximate surface area is 170 Å². The van der Waals surface area contributed by atoms with Gasteiger partial charge in [-0.3, -0.25) is 14.4 Å². The van der Waals surface area contributed by atoms with Crippen molar-refractivity contribution < 1.29 is 4.79 Å². The first-order chi connectivity index (χ1) is 13.9. The fraction of sp³-hybridized carbons (Fsp3) is 0.429. The molecule has 29 heavy (non-hydrogen) atoms. The minimum atomic E-state index is 0.0326. The fourth-order valence-corrected chi connectivity index (χ4v) is 4.08. The molecule has 8 nitrogen and oxygen atoms in total. The first-order valence-corrected chi connectivity index (χ1v) is 9.90. The smallest absolute Gasteiger partial charge is 0.238 e. The molecule has 1 aromatic carbocycles. The van der Waals surface area contributed by atoms with Gasteiger partial charge in [0.2, 0.25) is 5.91 Å². The number of piperazine rings is 1. The van der Waals surface area contributed by atoms with Gasteiger partial charge < -0.3 is 10.2 Å². The minimum Gasteiger partial charge on any atom is -0.353 e. The zero-order valence-electron chi connectivity index (χ0n) is 17.4. The van der Waals surface area contributed by atoms with Gasteiger partial charge in [0.1, 0.15) is 12.1 Å². The lowest BCUT2D eigenvalue weighted by molar-refractivity contribution is -0.117. The zero-order valence-corrected chi connectivity index (χ0v) is 17.4. The third kappa shape index (κ3) is 3.93. The maximum atomic E-state index is 12.6. The number of carbonyl (C=O) groups excluding carboxylic acids is 1. The van der Waals surface area contributed by atoms with E-state index >= 15 is 0 Å². The van der Waals surface area contributed by atoms with Crippen molar-refractivity contribution in [1.82, 2.24) is 24.6 Å². The van der Waals surface area contributed by atoms with E-state index in [0.717, 1.165) is 59.8 Å². The Bertz CT molecular complexity index is 1030. The first kappa shape index (κ1) is 19.3. The second kappa shape index (κ2) is 7.79. The second-order valence-corrected chi connectivity index (χ2v) is 7.79. The summed E-state index contributed by atoms with van der Waals surface area (Å²) in [6.45, 7) is 9.79. The van der Waals surface area contributed by atoms with Crippen molar-refractivity contribution in [2.45, 2.75) is 20.8 Å². The highest BCUT2D eigenvalue weighted by molar-refractivity contribution is 5.94. The first-order valence-electron chi connectivity index (χ1n) is 9.90. The van der Waals surface area contributed by atoms with Gasteiger partial charge in [-0.2, -0.15) is 5.10 Å². The molecule has 0 saturated carbocycles. The van der Waals surface area contributed by atoms with Crippen molar-refractivity contribution >= 4 is 28.4 Å². The van der Waals surface area contributed by atoms with Crippen LogP contribution < -0.4 is 10.2 Å². The summed E-state index contributed by atoms with van der Waals surface area (Å²) in [5, 5.41) is 8.35. The molecule has 1 amide bonds. The van der Waals surface area contributed by atoms with Crippen molar-refractivity contribution in [3.8, 4) is 0 Å². The van der Waals surface area contributed by atoms with E-state index in [1.807, 2.05) is 27.1 Å². The molecule has 4 rings (SSSR count). The lowest BCUT2D eigenvalue weighted by Crippen LogP contribution is -2.49. The zero-order chi connectivity index (χ0) is 20.5. The van der Waals surface area contributed by atoms with E-state index in [4.69, 9.17) is 0 Å². The molecule has 0 aliphatic carbocycles. The van der Waals surface area contributed by atoms with Crippen LogP contribution in [-0.4, -0.2) is 63.3 Å². The summed E-state index contributed by atoms with van der Waals surface area (Å²) in [6, 6.07) is 4.20. The van der Waals surface area contributed by atoms with Gasteiger partial charge in [0, 0.05) is 38.9 Å². The third-order valence-electron chi connectivity index (χ3n) is 5.49. The van der Waals surface area contributed by atoms with Crippen molar-refractivity contribution in [2.75, 3.05) is 42.9 Å². The van der Waals surface area contributed by atoms with Gasteiger partial charge in [-0.15, -0.1) is 0 Å². The molecule has 1 fully saturated rings. The van der Waals surface area contributed by atoms with Gasteiger partial charge in [0.05, 0.1) is 18.1 Å². The number of amides is 1. The number of anilines is 2. The van der Waals surface area contributed by atoms with Crippen LogP contribution in [0.5, 0.6) is 0 Å². The SMILES string of the molecule is Cc1cc(C)c(NC(=O)CN2CCN(c3ncnc4c3cnn4C)CC2)c(C)c1. The van der Waals surface area contributed by atoms with Crippen LogP contribution in [0.15, 0.2) is 24.7 Å². The van der Waals surface area contributed by atoms with Crippen molar-refractivity contribution in [3.63, 3.8) is 0 Å². The number of carbonyl (C=O) groups is 1. The fourth-order valence-electron chi connectivity index (χ4n) is 4.08. The van der Waals surface area contributed by atoms with E-state index < -0.39 is 0 Å². The van der Waals surface area contributed by atoms with E-state index in [-0.39, 0.29) is 5.91 Å². The molecule has 0 bridgehead atoms. The molecule has 1 aliphatic rings. The minimum absolute atomic E-state index is 0.0326. The second-order valence-electron chi connectivity index (χ2n) is 7.79. The largest absolute Gasteiger partial charge is 0.353 e. The number of nitrogens with zero attached hydrogens (tertiary/aromatic N) is 6. The van der Waals surface area contributed by atoms with Crippen molar-refractivity contribution in [3.05, 3.63) is 41.3 Å². The van der Waals surface area contributed by atoms with E-state index in [1.54, 1.807) is 11.0 Å². The molecule has 1 N–H and O–H groups in total. The van der Waals surface area contributed by atoms with Gasteiger partial charge in [-0.05, 0) is 31.9 Å². The topological polar surface area (TPSA) is 79.2 Å². The summed E-state index contributed by atoms with van der Waals surface area (Å²) < 4.78 is 1.76. The lowest BCUT2D eigenvalue weighted by Gasteiger charge is -2.35. The highest BCUT2D eigenvalue weighted by atomic mass is 16.2. The van der Waals surface area contributed by atoms with E-state index in [9.17, 15) is 4.79 Å². The average Bonchev–Trinajstić information content (AvgIpc) is 3.07. The molecule has 1 aliphatic heterocycles. The Hall–Kier alpha value is -3.00. The Morgan fingerprint density at radius 2 is 1.76 bits per heavy atom. The van der Waals surface area contributed by atoms with Gasteiger partial charge in [0.25, 0.3) is 0 Å². The normalized spacial score (nSPS) is 15.1. The molecule has 8 heteroatoms. The maximum Gasteiger partial charge on any atom is 0.238 e. The summed E-state index contributed by atoms with van der Waals surface area (Å²) in [6.07, 6.45) is 3.40. The standard InChI is InChI=1S/C21H27N7O/c1-14-9-15(2)19(16(3)10-14)25-18(29)12-27-5-7-28(8-6-27)21-17-11-24-26(4)20(17)22-13-23-21/h9-11,13H,5-8,12H2,1-4H3,(H,25,29). The number of rotatable bonds is 4. The Morgan fingerprint density at radius 1 is 1.07 bits per heavy atom. The molecule has 0 spiro atoms. The molecule has 0 radical (unpaired) electrons. The van der Waals surface area contributed by atoms with Crippen LogP contribution >= 0.6 is 0 Å². The van der Waals surface area contributed by atoms with Crippen molar-refractivity contribution in [2.24, 2.45) is 7.05 Å². The number of aromatic nitrogens is 4. The van der Waals surface area contributed by atoms with Gasteiger partial charge in [0.15, 0.2) is 5.65 Å². The van der Waals surface area contributed by atoms with Crippen LogP contribution in [-0.2, 0) is 11.8 Å². The molecule has 3 aromatic rings. The quantitative estimate of drug-likeness (QED) is 0.731. The summed E-state index contributed by atoms with van der Waals surface area (Å²) in [4.78, 5) is 25.8. The predicted molar refractivity (Wildman–Crippen MR) is 114 cm³/mol. The number of hydrogen-bond acceptors (Lipinski definition) is 6. The highest BCUT2D eigenvalue weighted by Gasteiger charge is 2.22. The molecule has 1 saturated heterocycles. The number of aryl methyl sites for hydroxylation is 4. The lowest BCUT2D eigenvalue weighted by atomic mass is 10.1. The van der Waals surface area contributed by atoms with Gasteiger partial charge in [-0.1, -0.05) is 17.7 Å². The van der Waals surface area contributed by atoms with E-state index in [1.165, 1.54) is 5.56 Å². The van der Waals surface area contributed by atoms with Crippen molar-refractivity contribution in [1.29, 1.82) is 0 Å². The summed E-state index contributed by atoms with van der Waals surface area (Å²) in [5.74, 6) is 0.947. The molecule has 0 unspecified atom stereocenters. The van der Waals surface area contributed by atoms with Crippen LogP contribution in [0.3, 0.4) is 0 Å². The number of benzene rings is 1. The van der Waals surface area contributed by atoms with Crippen LogP contribution in [0.1, 0.15) is 16.7 Å². The van der Waals surface area contributed by atoms with E-state index in [2.05, 4.69) is 49.2 Å². The van der Waals surface area contributed by atoms with Crippen LogP contribution in [0.25, 0.3) is 11.0 Å². The Balaban J connectivity index is 1.37. The Morgan fingerprint density at radius 3 is 2.45 bits per heavy atom. The van der Waals surface area contributed by atoms with Crippen LogP contribution in [0.2, 0.25) is 0 Å². The molecule has 0 atom stereocenters. The average molecular weight is 393 g/mol. The Kier molecular flexibility index (Phi) is 5.19. The predicted octanol–water partition coefficient (Wildman–Crippen LogP) is 2.05. The molecule has 2 aromatic heterocycles. The van der Waals surface area contributed by atoms with Gasteiger partial charge in [-0.25, -0.2) is 9.97 Å².